The van der Waals surface area contributed by atoms with Crippen molar-refractivity contribution in [2.24, 2.45) is 0 Å². The van der Waals surface area contributed by atoms with Crippen molar-refractivity contribution in [1.82, 2.24) is 9.21 Å². The summed E-state index contributed by atoms with van der Waals surface area (Å²) in [6, 6.07) is 22.3. The Morgan fingerprint density at radius 3 is 2.11 bits per heavy atom. The van der Waals surface area contributed by atoms with Gasteiger partial charge in [0.15, 0.2) is 0 Å². The Balaban J connectivity index is 1.37. The number of nitrogens with zero attached hydrogens (tertiary/aromatic N) is 2. The summed E-state index contributed by atoms with van der Waals surface area (Å²) in [7, 11) is -3.52. The van der Waals surface area contributed by atoms with Crippen LogP contribution in [0.2, 0.25) is 0 Å². The van der Waals surface area contributed by atoms with Crippen LogP contribution in [0.15, 0.2) is 83.8 Å². The minimum atomic E-state index is -3.52. The molecule has 0 bridgehead atoms. The summed E-state index contributed by atoms with van der Waals surface area (Å²) in [5.41, 5.74) is 3.08. The molecule has 2 aliphatic rings. The van der Waals surface area contributed by atoms with Crippen LogP contribution in [0.25, 0.3) is 0 Å². The molecule has 0 aromatic heterocycles. The van der Waals surface area contributed by atoms with Crippen molar-refractivity contribution in [3.63, 3.8) is 0 Å². The summed E-state index contributed by atoms with van der Waals surface area (Å²) in [5.74, 6) is -0.508. The maximum Gasteiger partial charge on any atom is 0.254 e. The maximum atomic E-state index is 13.4. The number of amides is 2. The van der Waals surface area contributed by atoms with Gasteiger partial charge in [0.05, 0.1) is 4.90 Å². The van der Waals surface area contributed by atoms with E-state index in [4.69, 9.17) is 0 Å². The first-order valence-electron chi connectivity index (χ1n) is 11.8. The fraction of sp³-hybridized carbons (Fsp3) is 0.259. The Kier molecular flexibility index (Phi) is 6.40. The second-order valence-electron chi connectivity index (χ2n) is 8.91. The Hall–Kier alpha value is -3.49. The second-order valence-corrected chi connectivity index (χ2v) is 10.9. The van der Waals surface area contributed by atoms with Crippen LogP contribution >= 0.6 is 0 Å². The van der Waals surface area contributed by atoms with E-state index in [1.54, 1.807) is 41.3 Å². The van der Waals surface area contributed by atoms with E-state index in [-0.39, 0.29) is 16.7 Å². The van der Waals surface area contributed by atoms with Gasteiger partial charge in [-0.3, -0.25) is 9.59 Å². The van der Waals surface area contributed by atoms with E-state index in [1.807, 2.05) is 30.3 Å². The molecule has 3 aromatic rings. The van der Waals surface area contributed by atoms with Crippen LogP contribution in [0, 0.1) is 0 Å². The highest BCUT2D eigenvalue weighted by Gasteiger charge is 2.35. The van der Waals surface area contributed by atoms with E-state index < -0.39 is 16.1 Å². The predicted octanol–water partition coefficient (Wildman–Crippen LogP) is 3.68. The van der Waals surface area contributed by atoms with Crippen molar-refractivity contribution in [1.29, 1.82) is 0 Å². The van der Waals surface area contributed by atoms with Gasteiger partial charge in [-0.1, -0.05) is 42.5 Å². The molecule has 3 aromatic carbocycles. The molecule has 7 nitrogen and oxygen atoms in total. The van der Waals surface area contributed by atoms with Gasteiger partial charge in [-0.25, -0.2) is 8.42 Å². The molecule has 1 saturated heterocycles. The third-order valence-electron chi connectivity index (χ3n) is 6.66. The maximum absolute atomic E-state index is 13.4. The Morgan fingerprint density at radius 1 is 0.800 bits per heavy atom. The highest BCUT2D eigenvalue weighted by molar-refractivity contribution is 7.89. The number of carbonyl (C=O) groups excluding carboxylic acids is 2. The average Bonchev–Trinajstić information content (AvgIpc) is 3.44. The summed E-state index contributed by atoms with van der Waals surface area (Å²) in [5, 5.41) is 2.89. The van der Waals surface area contributed by atoms with E-state index in [2.05, 4.69) is 5.32 Å². The minimum Gasteiger partial charge on any atom is -0.324 e. The van der Waals surface area contributed by atoms with Gasteiger partial charge in [0, 0.05) is 37.3 Å². The number of hydrogen-bond donors (Lipinski definition) is 1. The molecule has 0 spiro atoms. The van der Waals surface area contributed by atoms with Gasteiger partial charge >= 0.3 is 0 Å². The van der Waals surface area contributed by atoms with Gasteiger partial charge in [0.25, 0.3) is 5.91 Å². The van der Waals surface area contributed by atoms with Crippen LogP contribution in [0.4, 0.5) is 5.69 Å². The van der Waals surface area contributed by atoms with Gasteiger partial charge in [-0.15, -0.1) is 0 Å². The predicted molar refractivity (Wildman–Crippen MR) is 133 cm³/mol. The van der Waals surface area contributed by atoms with Crippen LogP contribution in [0.5, 0.6) is 0 Å². The van der Waals surface area contributed by atoms with Gasteiger partial charge in [-0.2, -0.15) is 4.31 Å². The van der Waals surface area contributed by atoms with Crippen molar-refractivity contribution in [2.75, 3.05) is 18.4 Å². The lowest BCUT2D eigenvalue weighted by Gasteiger charge is -2.36. The standard InChI is InChI=1S/C27H27N3O4S/c31-26(28-23-12-14-24(15-13-23)35(33,34)29-16-6-7-17-29)25-18-21-10-4-5-11-22(21)19-30(25)27(32)20-8-2-1-3-9-20/h1-5,8-15,25H,6-7,16-19H2,(H,28,31)/t25-/m0/s1. The first-order chi connectivity index (χ1) is 16.9. The van der Waals surface area contributed by atoms with Crippen molar-refractivity contribution in [3.05, 3.63) is 95.6 Å². The monoisotopic (exact) mass is 489 g/mol. The van der Waals surface area contributed by atoms with Crippen LogP contribution < -0.4 is 5.32 Å². The van der Waals surface area contributed by atoms with E-state index >= 15 is 0 Å². The van der Waals surface area contributed by atoms with Gasteiger partial charge in [0.2, 0.25) is 15.9 Å². The highest BCUT2D eigenvalue weighted by atomic mass is 32.2. The van der Waals surface area contributed by atoms with Crippen molar-refractivity contribution >= 4 is 27.5 Å². The lowest BCUT2D eigenvalue weighted by molar-refractivity contribution is -0.121. The number of nitrogens with one attached hydrogen (secondary N) is 1. The fourth-order valence-electron chi connectivity index (χ4n) is 4.73. The molecule has 2 aliphatic heterocycles. The van der Waals surface area contributed by atoms with Crippen molar-refractivity contribution in [2.45, 2.75) is 36.7 Å². The van der Waals surface area contributed by atoms with E-state index in [9.17, 15) is 18.0 Å². The molecule has 1 N–H and O–H groups in total. The molecule has 5 rings (SSSR count). The molecule has 1 atom stereocenters. The van der Waals surface area contributed by atoms with Gasteiger partial charge in [-0.05, 0) is 60.4 Å². The number of fused-ring (bicyclic) bond motifs is 1. The molecule has 0 radical (unpaired) electrons. The van der Waals surface area contributed by atoms with Crippen LogP contribution in [-0.4, -0.2) is 48.6 Å². The third kappa shape index (κ3) is 4.72. The number of hydrogen-bond acceptors (Lipinski definition) is 4. The van der Waals surface area contributed by atoms with Crippen molar-refractivity contribution in [3.8, 4) is 0 Å². The molecule has 0 unspecified atom stereocenters. The molecular formula is C27H27N3O4S. The van der Waals surface area contributed by atoms with Crippen LogP contribution in [-0.2, 0) is 27.8 Å². The smallest absolute Gasteiger partial charge is 0.254 e. The molecule has 35 heavy (non-hydrogen) atoms. The number of sulfonamides is 1. The zero-order valence-corrected chi connectivity index (χ0v) is 20.1. The number of rotatable bonds is 5. The van der Waals surface area contributed by atoms with Gasteiger partial charge < -0.3 is 10.2 Å². The van der Waals surface area contributed by atoms with Crippen LogP contribution in [0.1, 0.15) is 34.3 Å². The molecule has 0 saturated carbocycles. The summed E-state index contributed by atoms with van der Waals surface area (Å²) >= 11 is 0. The zero-order valence-electron chi connectivity index (χ0n) is 19.3. The zero-order chi connectivity index (χ0) is 24.4. The number of anilines is 1. The molecule has 8 heteroatoms. The van der Waals surface area contributed by atoms with E-state index in [0.717, 1.165) is 24.0 Å². The molecule has 2 heterocycles. The van der Waals surface area contributed by atoms with Crippen molar-refractivity contribution < 1.29 is 18.0 Å². The lowest BCUT2D eigenvalue weighted by atomic mass is 9.92. The topological polar surface area (TPSA) is 86.8 Å². The molecule has 180 valence electrons. The minimum absolute atomic E-state index is 0.202. The van der Waals surface area contributed by atoms with E-state index in [1.165, 1.54) is 16.4 Å². The SMILES string of the molecule is O=C(Nc1ccc(S(=O)(=O)N2CCCC2)cc1)[C@@H]1Cc2ccccc2CN1C(=O)c1ccccc1. The molecule has 1 fully saturated rings. The summed E-state index contributed by atoms with van der Waals surface area (Å²) < 4.78 is 27.1. The fourth-order valence-corrected chi connectivity index (χ4v) is 6.25. The summed E-state index contributed by atoms with van der Waals surface area (Å²) in [6.45, 7) is 1.42. The first-order valence-corrected chi connectivity index (χ1v) is 13.2. The van der Waals surface area contributed by atoms with E-state index in [0.29, 0.717) is 37.3 Å². The molecular weight excluding hydrogens is 462 g/mol. The lowest BCUT2D eigenvalue weighted by Crippen LogP contribution is -2.50. The first kappa shape index (κ1) is 23.3. The average molecular weight is 490 g/mol. The molecule has 0 aliphatic carbocycles. The largest absolute Gasteiger partial charge is 0.324 e. The van der Waals surface area contributed by atoms with Gasteiger partial charge in [0.1, 0.15) is 6.04 Å². The Labute approximate surface area is 205 Å². The summed E-state index contributed by atoms with van der Waals surface area (Å²) in [4.78, 5) is 28.5. The number of carbonyl (C=O) groups is 2. The Bertz CT molecular complexity index is 1330. The molecule has 2 amide bonds. The van der Waals surface area contributed by atoms with Crippen LogP contribution in [0.3, 0.4) is 0 Å². The Morgan fingerprint density at radius 2 is 1.43 bits per heavy atom. The third-order valence-corrected chi connectivity index (χ3v) is 8.57. The number of benzene rings is 3. The normalized spacial score (nSPS) is 18.2. The quantitative estimate of drug-likeness (QED) is 0.592. The summed E-state index contributed by atoms with van der Waals surface area (Å²) in [6.07, 6.45) is 2.15. The second kappa shape index (κ2) is 9.64. The highest BCUT2D eigenvalue weighted by Crippen LogP contribution is 2.27.